The lowest BCUT2D eigenvalue weighted by atomic mass is 9.95. The van der Waals surface area contributed by atoms with Crippen molar-refractivity contribution in [2.75, 3.05) is 7.05 Å². The molecule has 128 valence electrons. The molecule has 24 heavy (non-hydrogen) atoms. The van der Waals surface area contributed by atoms with Crippen LogP contribution in [0.1, 0.15) is 51.0 Å². The Hall–Kier alpha value is -1.53. The summed E-state index contributed by atoms with van der Waals surface area (Å²) in [7, 11) is 2.21. The molecule has 2 heterocycles. The quantitative estimate of drug-likeness (QED) is 0.768. The van der Waals surface area contributed by atoms with Crippen LogP contribution in [0.2, 0.25) is 0 Å². The minimum Gasteiger partial charge on any atom is -0.297 e. The number of hydrogen-bond acceptors (Lipinski definition) is 4. The molecule has 0 saturated heterocycles. The minimum atomic E-state index is 0.523. The van der Waals surface area contributed by atoms with Crippen LogP contribution in [0.5, 0.6) is 0 Å². The summed E-state index contributed by atoms with van der Waals surface area (Å²) in [4.78, 5) is 6.55. The Morgan fingerprint density at radius 2 is 1.83 bits per heavy atom. The van der Waals surface area contributed by atoms with Crippen LogP contribution >= 0.6 is 12.2 Å². The van der Waals surface area contributed by atoms with E-state index < -0.39 is 0 Å². The molecule has 0 N–H and O–H groups in total. The van der Waals surface area contributed by atoms with Crippen LogP contribution in [0.25, 0.3) is 11.4 Å². The zero-order chi connectivity index (χ0) is 16.5. The van der Waals surface area contributed by atoms with Crippen molar-refractivity contribution >= 4 is 12.2 Å². The van der Waals surface area contributed by atoms with Gasteiger partial charge in [-0.05, 0) is 57.1 Å². The van der Waals surface area contributed by atoms with Crippen LogP contribution in [-0.4, -0.2) is 37.3 Å². The third-order valence-electron chi connectivity index (χ3n) is 5.28. The smallest absolute Gasteiger partial charge is 0.199 e. The maximum atomic E-state index is 5.77. The molecular weight excluding hydrogens is 318 g/mol. The first-order valence-electron chi connectivity index (χ1n) is 9.04. The maximum absolute atomic E-state index is 5.77. The average Bonchev–Trinajstić information content (AvgIpc) is 3.41. The molecule has 0 spiro atoms. The summed E-state index contributed by atoms with van der Waals surface area (Å²) >= 11 is 5.77. The number of pyridine rings is 1. The topological polar surface area (TPSA) is 38.9 Å². The van der Waals surface area contributed by atoms with Crippen molar-refractivity contribution in [3.63, 3.8) is 0 Å². The van der Waals surface area contributed by atoms with Gasteiger partial charge in [0.25, 0.3) is 0 Å². The van der Waals surface area contributed by atoms with Crippen LogP contribution in [-0.2, 0) is 6.67 Å². The van der Waals surface area contributed by atoms with E-state index in [1.54, 1.807) is 0 Å². The fourth-order valence-electron chi connectivity index (χ4n) is 3.72. The largest absolute Gasteiger partial charge is 0.297 e. The second kappa shape index (κ2) is 6.76. The number of aromatic nitrogens is 4. The molecule has 2 aromatic rings. The third kappa shape index (κ3) is 3.17. The van der Waals surface area contributed by atoms with Gasteiger partial charge in [0.2, 0.25) is 0 Å². The van der Waals surface area contributed by atoms with Crippen molar-refractivity contribution in [1.29, 1.82) is 0 Å². The lowest BCUT2D eigenvalue weighted by molar-refractivity contribution is 0.145. The Morgan fingerprint density at radius 3 is 2.50 bits per heavy atom. The van der Waals surface area contributed by atoms with Gasteiger partial charge in [0.1, 0.15) is 0 Å². The number of rotatable bonds is 5. The first kappa shape index (κ1) is 16.0. The maximum Gasteiger partial charge on any atom is 0.199 e. The summed E-state index contributed by atoms with van der Waals surface area (Å²) in [6.45, 7) is 0.779. The standard InChI is InChI=1S/C18H25N5S/c1-21(15-5-3-2-4-6-15)13-22-18(24)23(16-7-8-16)17(20-22)14-9-11-19-12-10-14/h9-12,15-16H,2-8,13H2,1H3. The Balaban J connectivity index is 1.63. The lowest BCUT2D eigenvalue weighted by Crippen LogP contribution is -2.35. The molecule has 2 aliphatic rings. The van der Waals surface area contributed by atoms with E-state index in [1.165, 1.54) is 44.9 Å². The van der Waals surface area contributed by atoms with E-state index in [2.05, 4.69) is 21.5 Å². The van der Waals surface area contributed by atoms with E-state index in [-0.39, 0.29) is 0 Å². The molecule has 0 bridgehead atoms. The summed E-state index contributed by atoms with van der Waals surface area (Å²) in [5.41, 5.74) is 1.10. The molecule has 0 aromatic carbocycles. The molecule has 0 radical (unpaired) electrons. The Morgan fingerprint density at radius 1 is 1.12 bits per heavy atom. The first-order valence-corrected chi connectivity index (χ1v) is 9.45. The molecule has 0 aliphatic heterocycles. The summed E-state index contributed by atoms with van der Waals surface area (Å²) in [6, 6.07) is 5.22. The van der Waals surface area contributed by atoms with E-state index in [1.807, 2.05) is 29.2 Å². The van der Waals surface area contributed by atoms with Crippen molar-refractivity contribution in [3.05, 3.63) is 29.3 Å². The van der Waals surface area contributed by atoms with Gasteiger partial charge >= 0.3 is 0 Å². The van der Waals surface area contributed by atoms with Gasteiger partial charge in [-0.2, -0.15) is 5.10 Å². The van der Waals surface area contributed by atoms with Crippen molar-refractivity contribution in [3.8, 4) is 11.4 Å². The van der Waals surface area contributed by atoms with E-state index >= 15 is 0 Å². The Kier molecular flexibility index (Phi) is 4.50. The van der Waals surface area contributed by atoms with Crippen molar-refractivity contribution in [1.82, 2.24) is 24.2 Å². The van der Waals surface area contributed by atoms with Gasteiger partial charge in [0.15, 0.2) is 10.6 Å². The van der Waals surface area contributed by atoms with E-state index in [9.17, 15) is 0 Å². The monoisotopic (exact) mass is 343 g/mol. The van der Waals surface area contributed by atoms with Crippen molar-refractivity contribution in [2.24, 2.45) is 0 Å². The molecule has 6 heteroatoms. The summed E-state index contributed by atoms with van der Waals surface area (Å²) in [5.74, 6) is 0.988. The second-order valence-corrected chi connectivity index (χ2v) is 7.50. The van der Waals surface area contributed by atoms with Gasteiger partial charge in [-0.3, -0.25) is 14.5 Å². The molecule has 4 rings (SSSR count). The highest BCUT2D eigenvalue weighted by Crippen LogP contribution is 2.38. The van der Waals surface area contributed by atoms with Gasteiger partial charge in [-0.1, -0.05) is 19.3 Å². The van der Waals surface area contributed by atoms with Gasteiger partial charge in [0, 0.05) is 30.0 Å². The first-order chi connectivity index (χ1) is 11.7. The second-order valence-electron chi connectivity index (χ2n) is 7.13. The van der Waals surface area contributed by atoms with Crippen LogP contribution < -0.4 is 0 Å². The zero-order valence-electron chi connectivity index (χ0n) is 14.3. The minimum absolute atomic E-state index is 0.523. The van der Waals surface area contributed by atoms with Crippen LogP contribution in [0.15, 0.2) is 24.5 Å². The average molecular weight is 344 g/mol. The highest BCUT2D eigenvalue weighted by atomic mass is 32.1. The molecule has 0 unspecified atom stereocenters. The fourth-order valence-corrected chi connectivity index (χ4v) is 4.05. The molecule has 0 amide bonds. The molecular formula is C18H25N5S. The molecule has 0 atom stereocenters. The summed E-state index contributed by atoms with van der Waals surface area (Å²) in [5, 5.41) is 4.88. The van der Waals surface area contributed by atoms with E-state index in [4.69, 9.17) is 17.3 Å². The SMILES string of the molecule is CN(Cn1nc(-c2ccncc2)n(C2CC2)c1=S)C1CCCCC1. The van der Waals surface area contributed by atoms with E-state index in [0.717, 1.165) is 22.8 Å². The van der Waals surface area contributed by atoms with Gasteiger partial charge in [0.05, 0.1) is 6.67 Å². The number of hydrogen-bond donors (Lipinski definition) is 0. The molecule has 5 nitrogen and oxygen atoms in total. The van der Waals surface area contributed by atoms with Gasteiger partial charge in [-0.25, -0.2) is 4.68 Å². The van der Waals surface area contributed by atoms with Crippen molar-refractivity contribution in [2.45, 2.75) is 63.7 Å². The molecule has 2 fully saturated rings. The van der Waals surface area contributed by atoms with Crippen LogP contribution in [0.3, 0.4) is 0 Å². The molecule has 2 aliphatic carbocycles. The zero-order valence-corrected chi connectivity index (χ0v) is 15.1. The van der Waals surface area contributed by atoms with E-state index in [0.29, 0.717) is 12.1 Å². The normalized spacial score (nSPS) is 19.1. The fraction of sp³-hybridized carbons (Fsp3) is 0.611. The summed E-state index contributed by atoms with van der Waals surface area (Å²) in [6.07, 6.45) is 12.7. The molecule has 2 aromatic heterocycles. The van der Waals surface area contributed by atoms with Gasteiger partial charge in [-0.15, -0.1) is 0 Å². The highest BCUT2D eigenvalue weighted by molar-refractivity contribution is 7.71. The Bertz CT molecular complexity index is 741. The lowest BCUT2D eigenvalue weighted by Gasteiger charge is -2.30. The third-order valence-corrected chi connectivity index (χ3v) is 5.68. The van der Waals surface area contributed by atoms with Crippen LogP contribution in [0.4, 0.5) is 0 Å². The van der Waals surface area contributed by atoms with Crippen LogP contribution in [0, 0.1) is 4.77 Å². The van der Waals surface area contributed by atoms with Gasteiger partial charge < -0.3 is 0 Å². The summed E-state index contributed by atoms with van der Waals surface area (Å²) < 4.78 is 5.11. The van der Waals surface area contributed by atoms with Crippen molar-refractivity contribution < 1.29 is 0 Å². The Labute approximate surface area is 148 Å². The predicted octanol–water partition coefficient (Wildman–Crippen LogP) is 4.03. The predicted molar refractivity (Wildman–Crippen MR) is 97.2 cm³/mol. The highest BCUT2D eigenvalue weighted by Gasteiger charge is 2.29. The number of nitrogens with zero attached hydrogens (tertiary/aromatic N) is 5. The molecule has 2 saturated carbocycles.